The number of carbonyl (C=O) groups excluding carboxylic acids is 2. The number of aliphatic carboxylic acids is 1. The molecule has 0 radical (unpaired) electrons. The molecule has 104 valence electrons. The molecule has 0 rings (SSSR count). The Labute approximate surface area is 106 Å². The van der Waals surface area contributed by atoms with E-state index in [4.69, 9.17) is 5.11 Å². The Bertz CT molecular complexity index is 304. The van der Waals surface area contributed by atoms with Gasteiger partial charge in [0.15, 0.2) is 0 Å². The van der Waals surface area contributed by atoms with Crippen molar-refractivity contribution >= 4 is 18.0 Å². The van der Waals surface area contributed by atoms with Crippen molar-refractivity contribution in [1.29, 1.82) is 0 Å². The lowest BCUT2D eigenvalue weighted by Crippen LogP contribution is -2.43. The molecule has 0 spiro atoms. The number of ether oxygens (including phenoxy) is 1. The maximum absolute atomic E-state index is 11.5. The molecule has 0 atom stereocenters. The van der Waals surface area contributed by atoms with Crippen LogP contribution in [0.25, 0.3) is 0 Å². The third-order valence-corrected chi connectivity index (χ3v) is 2.34. The van der Waals surface area contributed by atoms with Crippen LogP contribution in [0.2, 0.25) is 0 Å². The quantitative estimate of drug-likeness (QED) is 0.689. The summed E-state index contributed by atoms with van der Waals surface area (Å²) in [4.78, 5) is 34.5. The van der Waals surface area contributed by atoms with Gasteiger partial charge in [0.1, 0.15) is 0 Å². The number of carboxylic acid groups (broad SMARTS) is 1. The Morgan fingerprint density at radius 3 is 2.39 bits per heavy atom. The monoisotopic (exact) mass is 260 g/mol. The van der Waals surface area contributed by atoms with Crippen LogP contribution < -0.4 is 5.32 Å². The van der Waals surface area contributed by atoms with E-state index in [9.17, 15) is 14.4 Å². The van der Waals surface area contributed by atoms with Crippen LogP contribution in [0.3, 0.4) is 0 Å². The second kappa shape index (κ2) is 8.46. The van der Waals surface area contributed by atoms with E-state index in [0.29, 0.717) is 13.0 Å². The molecule has 2 amide bonds. The summed E-state index contributed by atoms with van der Waals surface area (Å²) in [6.45, 7) is 4.31. The molecule has 0 aliphatic rings. The number of nitrogens with one attached hydrogen (secondary N) is 1. The second-order valence-electron chi connectivity index (χ2n) is 4.10. The first kappa shape index (κ1) is 16.4. The Morgan fingerprint density at radius 1 is 1.33 bits per heavy atom. The first-order valence-corrected chi connectivity index (χ1v) is 5.70. The van der Waals surface area contributed by atoms with Crippen molar-refractivity contribution in [2.45, 2.75) is 32.7 Å². The van der Waals surface area contributed by atoms with Crippen LogP contribution in [0.15, 0.2) is 0 Å². The highest BCUT2D eigenvalue weighted by Crippen LogP contribution is 2.01. The van der Waals surface area contributed by atoms with Crippen molar-refractivity contribution in [3.05, 3.63) is 0 Å². The molecule has 7 nitrogen and oxygen atoms in total. The normalized spacial score (nSPS) is 10.5. The van der Waals surface area contributed by atoms with Gasteiger partial charge in [-0.2, -0.15) is 0 Å². The topological polar surface area (TPSA) is 95.9 Å². The van der Waals surface area contributed by atoms with E-state index in [1.165, 1.54) is 7.11 Å². The molecule has 0 aromatic heterocycles. The molecule has 2 N–H and O–H groups in total. The lowest BCUT2D eigenvalue weighted by Gasteiger charge is -2.25. The van der Waals surface area contributed by atoms with Gasteiger partial charge in [0, 0.05) is 12.5 Å². The summed E-state index contributed by atoms with van der Waals surface area (Å²) in [6.07, 6.45) is -0.282. The molecule has 0 unspecified atom stereocenters. The zero-order valence-electron chi connectivity index (χ0n) is 10.9. The number of imide groups is 1. The molecule has 7 heteroatoms. The molecular weight excluding hydrogens is 240 g/mol. The zero-order chi connectivity index (χ0) is 14.1. The number of carbonyl (C=O) groups is 3. The van der Waals surface area contributed by atoms with Gasteiger partial charge in [-0.25, -0.2) is 4.79 Å². The Kier molecular flexibility index (Phi) is 7.69. The average Bonchev–Trinajstić information content (AvgIpc) is 2.26. The van der Waals surface area contributed by atoms with E-state index < -0.39 is 18.0 Å². The first-order chi connectivity index (χ1) is 8.36. The van der Waals surface area contributed by atoms with E-state index in [-0.39, 0.29) is 19.0 Å². The zero-order valence-corrected chi connectivity index (χ0v) is 10.9. The standard InChI is InChI=1S/C11H20N2O5/c1-8(2)13(6-4-5-10(15)16)7-9(14)12-11(17)18-3/h8H,4-7H2,1-3H3,(H,15,16)(H,12,14,17). The number of hydrogen-bond acceptors (Lipinski definition) is 5. The summed E-state index contributed by atoms with van der Waals surface area (Å²) in [6, 6.07) is 0.0854. The van der Waals surface area contributed by atoms with Crippen molar-refractivity contribution < 1.29 is 24.2 Å². The molecule has 18 heavy (non-hydrogen) atoms. The fourth-order valence-corrected chi connectivity index (χ4v) is 1.34. The van der Waals surface area contributed by atoms with Gasteiger partial charge in [0.05, 0.1) is 13.7 Å². The minimum absolute atomic E-state index is 0.0341. The first-order valence-electron chi connectivity index (χ1n) is 5.70. The van der Waals surface area contributed by atoms with Crippen molar-refractivity contribution in [3.8, 4) is 0 Å². The lowest BCUT2D eigenvalue weighted by atomic mass is 10.2. The third-order valence-electron chi connectivity index (χ3n) is 2.34. The van der Waals surface area contributed by atoms with Crippen LogP contribution in [0, 0.1) is 0 Å². The van der Waals surface area contributed by atoms with Gasteiger partial charge in [-0.1, -0.05) is 0 Å². The Balaban J connectivity index is 4.14. The van der Waals surface area contributed by atoms with Gasteiger partial charge < -0.3 is 9.84 Å². The van der Waals surface area contributed by atoms with Crippen molar-refractivity contribution in [2.75, 3.05) is 20.2 Å². The van der Waals surface area contributed by atoms with Crippen LogP contribution in [0.5, 0.6) is 0 Å². The predicted molar refractivity (Wildman–Crippen MR) is 64.1 cm³/mol. The predicted octanol–water partition coefficient (Wildman–Crippen LogP) is 0.444. The highest BCUT2D eigenvalue weighted by Gasteiger charge is 2.16. The molecular formula is C11H20N2O5. The smallest absolute Gasteiger partial charge is 0.413 e. The summed E-state index contributed by atoms with van der Waals surface area (Å²) in [7, 11) is 1.18. The Morgan fingerprint density at radius 2 is 1.94 bits per heavy atom. The molecule has 0 fully saturated rings. The number of nitrogens with zero attached hydrogens (tertiary/aromatic N) is 1. The molecule has 0 heterocycles. The molecule has 0 aliphatic heterocycles. The summed E-state index contributed by atoms with van der Waals surface area (Å²) in [5.41, 5.74) is 0. The maximum Gasteiger partial charge on any atom is 0.413 e. The number of amides is 2. The van der Waals surface area contributed by atoms with Crippen molar-refractivity contribution in [1.82, 2.24) is 10.2 Å². The van der Waals surface area contributed by atoms with Gasteiger partial charge in [-0.3, -0.25) is 19.8 Å². The van der Waals surface area contributed by atoms with E-state index in [1.54, 1.807) is 4.90 Å². The minimum Gasteiger partial charge on any atom is -0.481 e. The van der Waals surface area contributed by atoms with Gasteiger partial charge in [0.25, 0.3) is 0 Å². The van der Waals surface area contributed by atoms with Gasteiger partial charge in [-0.05, 0) is 26.8 Å². The van der Waals surface area contributed by atoms with Gasteiger partial charge in [0.2, 0.25) is 5.91 Å². The molecule has 0 saturated heterocycles. The SMILES string of the molecule is COC(=O)NC(=O)CN(CCCC(=O)O)C(C)C. The van der Waals surface area contributed by atoms with Crippen LogP contribution in [0.1, 0.15) is 26.7 Å². The van der Waals surface area contributed by atoms with Crippen molar-refractivity contribution in [2.24, 2.45) is 0 Å². The third kappa shape index (κ3) is 7.61. The van der Waals surface area contributed by atoms with E-state index in [1.807, 2.05) is 13.8 Å². The average molecular weight is 260 g/mol. The highest BCUT2D eigenvalue weighted by molar-refractivity contribution is 5.92. The van der Waals surface area contributed by atoms with E-state index in [2.05, 4.69) is 10.1 Å². The number of alkyl carbamates (subject to hydrolysis) is 1. The molecule has 0 aromatic rings. The van der Waals surface area contributed by atoms with Crippen LogP contribution in [0.4, 0.5) is 4.79 Å². The molecule has 0 aromatic carbocycles. The molecule has 0 aliphatic carbocycles. The summed E-state index contributed by atoms with van der Waals surface area (Å²) in [5, 5.41) is 10.6. The summed E-state index contributed by atoms with van der Waals surface area (Å²) in [5.74, 6) is -1.33. The largest absolute Gasteiger partial charge is 0.481 e. The van der Waals surface area contributed by atoms with E-state index >= 15 is 0 Å². The fraction of sp³-hybridized carbons (Fsp3) is 0.727. The van der Waals surface area contributed by atoms with E-state index in [0.717, 1.165) is 0 Å². The summed E-state index contributed by atoms with van der Waals surface area (Å²) < 4.78 is 4.31. The van der Waals surface area contributed by atoms with Gasteiger partial charge >= 0.3 is 12.1 Å². The Hall–Kier alpha value is -1.63. The van der Waals surface area contributed by atoms with Gasteiger partial charge in [-0.15, -0.1) is 0 Å². The molecule has 0 bridgehead atoms. The number of hydrogen-bond donors (Lipinski definition) is 2. The highest BCUT2D eigenvalue weighted by atomic mass is 16.5. The van der Waals surface area contributed by atoms with Crippen LogP contribution in [-0.4, -0.2) is 54.2 Å². The second-order valence-corrected chi connectivity index (χ2v) is 4.10. The minimum atomic E-state index is -0.863. The number of rotatable bonds is 7. The summed E-state index contributed by atoms with van der Waals surface area (Å²) >= 11 is 0. The fourth-order valence-electron chi connectivity index (χ4n) is 1.34. The number of carboxylic acids is 1. The van der Waals surface area contributed by atoms with Crippen LogP contribution in [-0.2, 0) is 14.3 Å². The number of methoxy groups -OCH3 is 1. The molecule has 0 saturated carbocycles. The lowest BCUT2D eigenvalue weighted by molar-refractivity contribution is -0.137. The maximum atomic E-state index is 11.5. The van der Waals surface area contributed by atoms with Crippen molar-refractivity contribution in [3.63, 3.8) is 0 Å². The van der Waals surface area contributed by atoms with Crippen LogP contribution >= 0.6 is 0 Å².